The summed E-state index contributed by atoms with van der Waals surface area (Å²) >= 11 is 0. The van der Waals surface area contributed by atoms with Crippen molar-refractivity contribution in [3.8, 4) is 5.75 Å². The highest BCUT2D eigenvalue weighted by molar-refractivity contribution is 7.90. The van der Waals surface area contributed by atoms with Gasteiger partial charge in [-0.05, 0) is 24.3 Å². The minimum absolute atomic E-state index is 0.203. The smallest absolute Gasteiger partial charge is 0.255 e. The topological polar surface area (TPSA) is 86.5 Å². The first-order valence-corrected chi connectivity index (χ1v) is 6.00. The average molecular weight is 229 g/mol. The normalized spacial score (nSPS) is 11.0. The van der Waals surface area contributed by atoms with Crippen LogP contribution in [0.4, 0.5) is 0 Å². The number of amides is 1. The molecule has 1 aromatic carbocycles. The Balaban J connectivity index is 2.77. The van der Waals surface area contributed by atoms with Crippen LogP contribution in [0.5, 0.6) is 5.75 Å². The number of hydrogen-bond acceptors (Lipinski definition) is 4. The fourth-order valence-electron chi connectivity index (χ4n) is 0.938. The summed E-state index contributed by atoms with van der Waals surface area (Å²) in [5.41, 5.74) is 4.88. The van der Waals surface area contributed by atoms with Crippen molar-refractivity contribution in [2.45, 2.75) is 4.90 Å². The zero-order valence-corrected chi connectivity index (χ0v) is 8.95. The van der Waals surface area contributed by atoms with Crippen LogP contribution in [0.15, 0.2) is 29.2 Å². The summed E-state index contributed by atoms with van der Waals surface area (Å²) in [7, 11) is -3.20. The number of hydrogen-bond donors (Lipinski definition) is 1. The molecule has 0 bridgehead atoms. The third kappa shape index (κ3) is 3.59. The third-order valence-corrected chi connectivity index (χ3v) is 2.76. The molecule has 0 heterocycles. The van der Waals surface area contributed by atoms with Gasteiger partial charge in [-0.1, -0.05) is 0 Å². The Kier molecular flexibility index (Phi) is 3.31. The highest BCUT2D eigenvalue weighted by atomic mass is 32.2. The maximum atomic E-state index is 11.1. The van der Waals surface area contributed by atoms with Crippen LogP contribution < -0.4 is 10.5 Å². The number of carbonyl (C=O) groups excluding carboxylic acids is 1. The minimum Gasteiger partial charge on any atom is -0.484 e. The predicted molar refractivity (Wildman–Crippen MR) is 54.2 cm³/mol. The zero-order chi connectivity index (χ0) is 11.5. The first-order valence-electron chi connectivity index (χ1n) is 4.11. The van der Waals surface area contributed by atoms with Crippen molar-refractivity contribution >= 4 is 15.7 Å². The second-order valence-electron chi connectivity index (χ2n) is 3.00. The molecule has 0 saturated carbocycles. The monoisotopic (exact) mass is 229 g/mol. The molecule has 15 heavy (non-hydrogen) atoms. The van der Waals surface area contributed by atoms with Crippen molar-refractivity contribution in [3.63, 3.8) is 0 Å². The lowest BCUT2D eigenvalue weighted by molar-refractivity contribution is -0.119. The molecule has 0 aliphatic rings. The fraction of sp³-hybridized carbons (Fsp3) is 0.222. The van der Waals surface area contributed by atoms with E-state index in [4.69, 9.17) is 10.5 Å². The van der Waals surface area contributed by atoms with E-state index < -0.39 is 15.7 Å². The molecular weight excluding hydrogens is 218 g/mol. The van der Waals surface area contributed by atoms with Crippen LogP contribution in [0.2, 0.25) is 0 Å². The van der Waals surface area contributed by atoms with Crippen molar-refractivity contribution < 1.29 is 17.9 Å². The molecule has 0 radical (unpaired) electrons. The molecule has 1 rings (SSSR count). The van der Waals surface area contributed by atoms with Gasteiger partial charge >= 0.3 is 0 Å². The summed E-state index contributed by atoms with van der Waals surface area (Å²) < 4.78 is 27.2. The standard InChI is InChI=1S/C9H11NO4S/c1-15(12,13)8-4-2-7(3-5-8)14-6-9(10)11/h2-5H,6H2,1H3,(H2,10,11). The third-order valence-electron chi connectivity index (χ3n) is 1.63. The SMILES string of the molecule is CS(=O)(=O)c1ccc(OCC(N)=O)cc1. The van der Waals surface area contributed by atoms with E-state index in [2.05, 4.69) is 0 Å². The summed E-state index contributed by atoms with van der Waals surface area (Å²) in [6.07, 6.45) is 1.12. The Labute approximate surface area is 87.8 Å². The van der Waals surface area contributed by atoms with Crippen LogP contribution >= 0.6 is 0 Å². The fourth-order valence-corrected chi connectivity index (χ4v) is 1.57. The van der Waals surface area contributed by atoms with Gasteiger partial charge < -0.3 is 10.5 Å². The van der Waals surface area contributed by atoms with Crippen LogP contribution in [0.3, 0.4) is 0 Å². The van der Waals surface area contributed by atoms with E-state index in [0.29, 0.717) is 5.75 Å². The molecule has 1 aromatic rings. The van der Waals surface area contributed by atoms with Crippen molar-refractivity contribution in [3.05, 3.63) is 24.3 Å². The highest BCUT2D eigenvalue weighted by Crippen LogP contribution is 2.15. The Morgan fingerprint density at radius 1 is 1.33 bits per heavy atom. The van der Waals surface area contributed by atoms with Gasteiger partial charge in [0.1, 0.15) is 5.75 Å². The molecule has 0 spiro atoms. The first kappa shape index (κ1) is 11.5. The van der Waals surface area contributed by atoms with Gasteiger partial charge in [-0.3, -0.25) is 4.79 Å². The van der Waals surface area contributed by atoms with Crippen molar-refractivity contribution in [2.24, 2.45) is 5.73 Å². The van der Waals surface area contributed by atoms with E-state index >= 15 is 0 Å². The van der Waals surface area contributed by atoms with Crippen LogP contribution in [-0.2, 0) is 14.6 Å². The van der Waals surface area contributed by atoms with E-state index in [9.17, 15) is 13.2 Å². The number of rotatable bonds is 4. The summed E-state index contributed by atoms with van der Waals surface area (Å²) in [6.45, 7) is -0.224. The molecule has 1 amide bonds. The molecule has 0 aromatic heterocycles. The summed E-state index contributed by atoms with van der Waals surface area (Å²) in [6, 6.07) is 5.76. The number of nitrogens with two attached hydrogens (primary N) is 1. The molecule has 0 aliphatic carbocycles. The lowest BCUT2D eigenvalue weighted by Gasteiger charge is -2.04. The van der Waals surface area contributed by atoms with Gasteiger partial charge in [-0.25, -0.2) is 8.42 Å². The van der Waals surface area contributed by atoms with E-state index in [1.807, 2.05) is 0 Å². The minimum atomic E-state index is -3.20. The van der Waals surface area contributed by atoms with Crippen LogP contribution in [0, 0.1) is 0 Å². The second kappa shape index (κ2) is 4.31. The first-order chi connectivity index (χ1) is 6.89. The van der Waals surface area contributed by atoms with E-state index in [-0.39, 0.29) is 11.5 Å². The van der Waals surface area contributed by atoms with Crippen molar-refractivity contribution in [1.29, 1.82) is 0 Å². The highest BCUT2D eigenvalue weighted by Gasteiger charge is 2.06. The van der Waals surface area contributed by atoms with Crippen molar-refractivity contribution in [2.75, 3.05) is 12.9 Å². The van der Waals surface area contributed by atoms with E-state index in [1.54, 1.807) is 0 Å². The maximum Gasteiger partial charge on any atom is 0.255 e. The molecule has 0 unspecified atom stereocenters. The summed E-state index contributed by atoms with van der Waals surface area (Å²) in [4.78, 5) is 10.6. The van der Waals surface area contributed by atoms with Gasteiger partial charge in [-0.2, -0.15) is 0 Å². The van der Waals surface area contributed by atoms with Gasteiger partial charge in [0.2, 0.25) is 0 Å². The Hall–Kier alpha value is -1.56. The molecular formula is C9H11NO4S. The van der Waals surface area contributed by atoms with Crippen molar-refractivity contribution in [1.82, 2.24) is 0 Å². The summed E-state index contributed by atoms with van der Waals surface area (Å²) in [5.74, 6) is -0.177. The second-order valence-corrected chi connectivity index (χ2v) is 5.01. The number of primary amides is 1. The largest absolute Gasteiger partial charge is 0.484 e. The Morgan fingerprint density at radius 2 is 1.87 bits per heavy atom. The Morgan fingerprint density at radius 3 is 2.27 bits per heavy atom. The van der Waals surface area contributed by atoms with E-state index in [0.717, 1.165) is 6.26 Å². The lowest BCUT2D eigenvalue weighted by atomic mass is 10.3. The summed E-state index contributed by atoms with van der Waals surface area (Å²) in [5, 5.41) is 0. The number of sulfone groups is 1. The van der Waals surface area contributed by atoms with Crippen LogP contribution in [0.1, 0.15) is 0 Å². The van der Waals surface area contributed by atoms with Crippen LogP contribution in [0.25, 0.3) is 0 Å². The average Bonchev–Trinajstić information content (AvgIpc) is 2.14. The molecule has 82 valence electrons. The maximum absolute atomic E-state index is 11.1. The lowest BCUT2D eigenvalue weighted by Crippen LogP contribution is -2.19. The van der Waals surface area contributed by atoms with Gasteiger partial charge in [-0.15, -0.1) is 0 Å². The quantitative estimate of drug-likeness (QED) is 0.784. The molecule has 0 aliphatic heterocycles. The molecule has 0 atom stereocenters. The molecule has 5 nitrogen and oxygen atoms in total. The Bertz CT molecular complexity index is 450. The molecule has 0 saturated heterocycles. The predicted octanol–water partition coefficient (Wildman–Crippen LogP) is -0.0458. The number of carbonyl (C=O) groups is 1. The molecule has 0 fully saturated rings. The van der Waals surface area contributed by atoms with Gasteiger partial charge in [0, 0.05) is 6.26 Å². The zero-order valence-electron chi connectivity index (χ0n) is 8.14. The molecule has 6 heteroatoms. The van der Waals surface area contributed by atoms with Gasteiger partial charge in [0.15, 0.2) is 16.4 Å². The van der Waals surface area contributed by atoms with E-state index in [1.165, 1.54) is 24.3 Å². The van der Waals surface area contributed by atoms with Crippen LogP contribution in [-0.4, -0.2) is 27.2 Å². The molecule has 2 N–H and O–H groups in total. The van der Waals surface area contributed by atoms with Gasteiger partial charge in [0.05, 0.1) is 4.90 Å². The number of ether oxygens (including phenoxy) is 1. The van der Waals surface area contributed by atoms with Gasteiger partial charge in [0.25, 0.3) is 5.91 Å². The number of benzene rings is 1.